The maximum absolute atomic E-state index is 5.74. The minimum Gasteiger partial charge on any atom is -0.491 e. The van der Waals surface area contributed by atoms with Crippen LogP contribution in [0.15, 0.2) is 48.5 Å². The molecule has 2 aromatic carbocycles. The van der Waals surface area contributed by atoms with Crippen LogP contribution < -0.4 is 15.0 Å². The van der Waals surface area contributed by atoms with Crippen molar-refractivity contribution < 1.29 is 4.74 Å². The summed E-state index contributed by atoms with van der Waals surface area (Å²) in [6.45, 7) is 11.3. The molecule has 0 saturated heterocycles. The van der Waals surface area contributed by atoms with Gasteiger partial charge in [0.15, 0.2) is 0 Å². The van der Waals surface area contributed by atoms with Crippen LogP contribution in [0.4, 0.5) is 11.4 Å². The second-order valence-corrected chi connectivity index (χ2v) is 5.89. The number of hydrogen-bond acceptors (Lipinski definition) is 3. The van der Waals surface area contributed by atoms with Gasteiger partial charge in [0, 0.05) is 31.0 Å². The van der Waals surface area contributed by atoms with Crippen LogP contribution in [0.25, 0.3) is 0 Å². The first-order valence-electron chi connectivity index (χ1n) is 8.46. The second-order valence-electron chi connectivity index (χ2n) is 5.89. The predicted molar refractivity (Wildman–Crippen MR) is 99.5 cm³/mol. The normalized spacial score (nSPS) is 10.7. The van der Waals surface area contributed by atoms with Crippen LogP contribution >= 0.6 is 0 Å². The number of nitrogens with zero attached hydrogens (tertiary/aromatic N) is 1. The summed E-state index contributed by atoms with van der Waals surface area (Å²) in [5, 5.41) is 3.47. The van der Waals surface area contributed by atoms with Gasteiger partial charge in [0.25, 0.3) is 0 Å². The Bertz CT molecular complexity index is 589. The molecule has 0 spiro atoms. The molecule has 0 heterocycles. The molecule has 0 saturated carbocycles. The van der Waals surface area contributed by atoms with Crippen LogP contribution in [0, 0.1) is 0 Å². The van der Waals surface area contributed by atoms with E-state index in [9.17, 15) is 0 Å². The van der Waals surface area contributed by atoms with Crippen LogP contribution in [0.3, 0.4) is 0 Å². The Morgan fingerprint density at radius 2 is 1.70 bits per heavy atom. The summed E-state index contributed by atoms with van der Waals surface area (Å²) in [6, 6.07) is 16.9. The fourth-order valence-corrected chi connectivity index (χ4v) is 2.58. The molecule has 0 aliphatic rings. The molecule has 0 amide bonds. The summed E-state index contributed by atoms with van der Waals surface area (Å²) in [5.41, 5.74) is 3.62. The standard InChI is InChI=1S/C20H28N2O/c1-5-22(6-2)19-12-10-18(11-13-19)21-15-17-8-7-9-20(14-17)23-16(3)4/h7-14,16,21H,5-6,15H2,1-4H3. The molecule has 0 radical (unpaired) electrons. The number of rotatable bonds is 8. The molecule has 1 N–H and O–H groups in total. The van der Waals surface area contributed by atoms with E-state index in [-0.39, 0.29) is 6.10 Å². The number of ether oxygens (including phenoxy) is 1. The fraction of sp³-hybridized carbons (Fsp3) is 0.400. The predicted octanol–water partition coefficient (Wildman–Crippen LogP) is 4.93. The highest BCUT2D eigenvalue weighted by Crippen LogP contribution is 2.19. The van der Waals surface area contributed by atoms with Crippen molar-refractivity contribution in [3.63, 3.8) is 0 Å². The summed E-state index contributed by atoms with van der Waals surface area (Å²) in [7, 11) is 0. The Morgan fingerprint density at radius 3 is 2.30 bits per heavy atom. The molecule has 3 nitrogen and oxygen atoms in total. The quantitative estimate of drug-likeness (QED) is 0.748. The molecular formula is C20H28N2O. The van der Waals surface area contributed by atoms with Crippen molar-refractivity contribution in [2.75, 3.05) is 23.3 Å². The topological polar surface area (TPSA) is 24.5 Å². The highest BCUT2D eigenvalue weighted by molar-refractivity contribution is 5.55. The molecule has 124 valence electrons. The van der Waals surface area contributed by atoms with E-state index in [1.54, 1.807) is 0 Å². The van der Waals surface area contributed by atoms with Gasteiger partial charge in [-0.05, 0) is 69.7 Å². The van der Waals surface area contributed by atoms with Crippen LogP contribution in [-0.2, 0) is 6.54 Å². The van der Waals surface area contributed by atoms with Gasteiger partial charge in [-0.3, -0.25) is 0 Å². The summed E-state index contributed by atoms with van der Waals surface area (Å²) >= 11 is 0. The van der Waals surface area contributed by atoms with E-state index in [0.717, 1.165) is 31.1 Å². The number of hydrogen-bond donors (Lipinski definition) is 1. The molecule has 0 unspecified atom stereocenters. The zero-order valence-corrected chi connectivity index (χ0v) is 14.7. The first kappa shape index (κ1) is 17.2. The smallest absolute Gasteiger partial charge is 0.120 e. The van der Waals surface area contributed by atoms with E-state index >= 15 is 0 Å². The van der Waals surface area contributed by atoms with Crippen LogP contribution in [-0.4, -0.2) is 19.2 Å². The molecule has 0 fully saturated rings. The van der Waals surface area contributed by atoms with Crippen LogP contribution in [0.2, 0.25) is 0 Å². The van der Waals surface area contributed by atoms with E-state index < -0.39 is 0 Å². The van der Waals surface area contributed by atoms with Gasteiger partial charge in [-0.25, -0.2) is 0 Å². The molecule has 2 aromatic rings. The van der Waals surface area contributed by atoms with Crippen molar-refractivity contribution in [2.45, 2.75) is 40.3 Å². The summed E-state index contributed by atoms with van der Waals surface area (Å²) < 4.78 is 5.74. The summed E-state index contributed by atoms with van der Waals surface area (Å²) in [4.78, 5) is 2.34. The van der Waals surface area contributed by atoms with Gasteiger partial charge in [-0.2, -0.15) is 0 Å². The lowest BCUT2D eigenvalue weighted by molar-refractivity contribution is 0.242. The maximum atomic E-state index is 5.74. The highest BCUT2D eigenvalue weighted by atomic mass is 16.5. The molecule has 0 bridgehead atoms. The maximum Gasteiger partial charge on any atom is 0.120 e. The van der Waals surface area contributed by atoms with Gasteiger partial charge in [-0.15, -0.1) is 0 Å². The van der Waals surface area contributed by atoms with Gasteiger partial charge >= 0.3 is 0 Å². The largest absolute Gasteiger partial charge is 0.491 e. The lowest BCUT2D eigenvalue weighted by Gasteiger charge is -2.21. The highest BCUT2D eigenvalue weighted by Gasteiger charge is 2.02. The van der Waals surface area contributed by atoms with Gasteiger partial charge in [0.05, 0.1) is 6.10 Å². The Balaban J connectivity index is 1.95. The fourth-order valence-electron chi connectivity index (χ4n) is 2.58. The third-order valence-corrected chi connectivity index (χ3v) is 3.76. The average molecular weight is 312 g/mol. The van der Waals surface area contributed by atoms with Crippen molar-refractivity contribution in [3.05, 3.63) is 54.1 Å². The van der Waals surface area contributed by atoms with Crippen LogP contribution in [0.1, 0.15) is 33.3 Å². The third-order valence-electron chi connectivity index (χ3n) is 3.76. The molecule has 2 rings (SSSR count). The minimum atomic E-state index is 0.200. The van der Waals surface area contributed by atoms with Crippen molar-refractivity contribution in [1.82, 2.24) is 0 Å². The zero-order chi connectivity index (χ0) is 16.7. The van der Waals surface area contributed by atoms with Gasteiger partial charge in [0.2, 0.25) is 0 Å². The molecule has 0 aliphatic heterocycles. The lowest BCUT2D eigenvalue weighted by atomic mass is 10.2. The third kappa shape index (κ3) is 5.20. The first-order valence-corrected chi connectivity index (χ1v) is 8.46. The van der Waals surface area contributed by atoms with E-state index in [2.05, 4.69) is 60.5 Å². The number of benzene rings is 2. The molecular weight excluding hydrogens is 284 g/mol. The van der Waals surface area contributed by atoms with Gasteiger partial charge in [0.1, 0.15) is 5.75 Å². The van der Waals surface area contributed by atoms with Crippen molar-refractivity contribution in [2.24, 2.45) is 0 Å². The van der Waals surface area contributed by atoms with E-state index in [1.165, 1.54) is 11.3 Å². The van der Waals surface area contributed by atoms with E-state index in [0.29, 0.717) is 0 Å². The van der Waals surface area contributed by atoms with Crippen LogP contribution in [0.5, 0.6) is 5.75 Å². The van der Waals surface area contributed by atoms with E-state index in [4.69, 9.17) is 4.74 Å². The Hall–Kier alpha value is -2.16. The molecule has 0 aliphatic carbocycles. The number of nitrogens with one attached hydrogen (secondary N) is 1. The lowest BCUT2D eigenvalue weighted by Crippen LogP contribution is -2.21. The molecule has 0 atom stereocenters. The Morgan fingerprint density at radius 1 is 1.00 bits per heavy atom. The summed E-state index contributed by atoms with van der Waals surface area (Å²) in [6.07, 6.45) is 0.200. The van der Waals surface area contributed by atoms with Crippen molar-refractivity contribution in [1.29, 1.82) is 0 Å². The summed E-state index contributed by atoms with van der Waals surface area (Å²) in [5.74, 6) is 0.927. The molecule has 3 heteroatoms. The van der Waals surface area contributed by atoms with Crippen molar-refractivity contribution in [3.8, 4) is 5.75 Å². The van der Waals surface area contributed by atoms with Gasteiger partial charge in [-0.1, -0.05) is 12.1 Å². The first-order chi connectivity index (χ1) is 11.1. The average Bonchev–Trinajstić information content (AvgIpc) is 2.55. The minimum absolute atomic E-state index is 0.200. The number of anilines is 2. The van der Waals surface area contributed by atoms with Crippen molar-refractivity contribution >= 4 is 11.4 Å². The second kappa shape index (κ2) is 8.47. The van der Waals surface area contributed by atoms with E-state index in [1.807, 2.05) is 26.0 Å². The zero-order valence-electron chi connectivity index (χ0n) is 14.7. The molecule has 23 heavy (non-hydrogen) atoms. The SMILES string of the molecule is CCN(CC)c1ccc(NCc2cccc(OC(C)C)c2)cc1. The monoisotopic (exact) mass is 312 g/mol. The Kier molecular flexibility index (Phi) is 6.33. The molecule has 0 aromatic heterocycles. The Labute approximate surface area is 140 Å². The van der Waals surface area contributed by atoms with Gasteiger partial charge < -0.3 is 15.0 Å².